The molecule has 1 fully saturated rings. The molecule has 2 heterocycles. The molecule has 2 amide bonds. The summed E-state index contributed by atoms with van der Waals surface area (Å²) in [6, 6.07) is -0.194. The van der Waals surface area contributed by atoms with Gasteiger partial charge in [0.15, 0.2) is 0 Å². The lowest BCUT2D eigenvalue weighted by atomic mass is 10.1. The second-order valence-electron chi connectivity index (χ2n) is 2.60. The lowest BCUT2D eigenvalue weighted by Crippen LogP contribution is -2.60. The van der Waals surface area contributed by atoms with Crippen molar-refractivity contribution < 1.29 is 9.59 Å². The van der Waals surface area contributed by atoms with Crippen molar-refractivity contribution in [3.63, 3.8) is 0 Å². The molecule has 62 valence electrons. The second kappa shape index (κ2) is 2.44. The molecule has 0 bridgehead atoms. The van der Waals surface area contributed by atoms with Crippen molar-refractivity contribution >= 4 is 18.0 Å². The zero-order valence-corrected chi connectivity index (χ0v) is 6.15. The summed E-state index contributed by atoms with van der Waals surface area (Å²) < 4.78 is 0. The smallest absolute Gasteiger partial charge is 0.311 e. The Bertz CT molecular complexity index is 265. The quantitative estimate of drug-likeness (QED) is 0.432. The van der Waals surface area contributed by atoms with E-state index in [-0.39, 0.29) is 12.2 Å². The highest BCUT2D eigenvalue weighted by molar-refractivity contribution is 6.36. The summed E-state index contributed by atoms with van der Waals surface area (Å²) in [5.41, 5.74) is 0. The summed E-state index contributed by atoms with van der Waals surface area (Å²) in [6.45, 7) is 0. The van der Waals surface area contributed by atoms with Crippen LogP contribution in [0.2, 0.25) is 0 Å². The van der Waals surface area contributed by atoms with Crippen LogP contribution in [0.1, 0.15) is 0 Å². The summed E-state index contributed by atoms with van der Waals surface area (Å²) in [7, 11) is 0. The molecule has 5 nitrogen and oxygen atoms in total. The Balaban J connectivity index is 2.20. The van der Waals surface area contributed by atoms with E-state index in [9.17, 15) is 9.59 Å². The van der Waals surface area contributed by atoms with E-state index in [4.69, 9.17) is 0 Å². The molecule has 1 saturated heterocycles. The number of hydrogen-bond donors (Lipinski definition) is 2. The minimum Gasteiger partial charge on any atom is -0.338 e. The Morgan fingerprint density at radius 3 is 2.83 bits per heavy atom. The maximum atomic E-state index is 10.8. The largest absolute Gasteiger partial charge is 0.338 e. The van der Waals surface area contributed by atoms with Crippen LogP contribution in [0.5, 0.6) is 0 Å². The van der Waals surface area contributed by atoms with Crippen LogP contribution in [0.3, 0.4) is 0 Å². The lowest BCUT2D eigenvalue weighted by Gasteiger charge is -2.28. The molecule has 2 aliphatic heterocycles. The summed E-state index contributed by atoms with van der Waals surface area (Å²) in [4.78, 5) is 25.6. The molecular formula is C7H7N3O2. The fourth-order valence-corrected chi connectivity index (χ4v) is 1.18. The van der Waals surface area contributed by atoms with Gasteiger partial charge in [-0.1, -0.05) is 6.08 Å². The predicted molar refractivity (Wildman–Crippen MR) is 41.5 cm³/mol. The summed E-state index contributed by atoms with van der Waals surface area (Å²) in [5, 5.41) is 4.98. The van der Waals surface area contributed by atoms with Crippen LogP contribution in [0.25, 0.3) is 0 Å². The fraction of sp³-hybridized carbons (Fsp3) is 0.286. The Hall–Kier alpha value is -1.65. The monoisotopic (exact) mass is 165 g/mol. The molecule has 0 aromatic carbocycles. The standard InChI is InChI=1S/C7H7N3O2/c11-6-7(12)10-5-4(9-6)2-1-3-8-5/h1-5H,(H,9,11)(H,10,12). The number of hydrogen-bond acceptors (Lipinski definition) is 3. The Labute approximate surface area is 68.5 Å². The summed E-state index contributed by atoms with van der Waals surface area (Å²) in [5.74, 6) is -1.22. The van der Waals surface area contributed by atoms with Gasteiger partial charge in [0.25, 0.3) is 0 Å². The second-order valence-corrected chi connectivity index (χ2v) is 2.60. The van der Waals surface area contributed by atoms with Gasteiger partial charge in [0.2, 0.25) is 0 Å². The number of nitrogens with zero attached hydrogens (tertiary/aromatic N) is 1. The number of piperazine rings is 1. The number of fused-ring (bicyclic) bond motifs is 1. The number of carbonyl (C=O) groups excluding carboxylic acids is 2. The number of nitrogens with one attached hydrogen (secondary N) is 2. The van der Waals surface area contributed by atoms with Gasteiger partial charge in [0.1, 0.15) is 6.17 Å². The van der Waals surface area contributed by atoms with Crippen molar-refractivity contribution in [1.29, 1.82) is 0 Å². The van der Waals surface area contributed by atoms with Gasteiger partial charge in [-0.15, -0.1) is 0 Å². The molecule has 2 rings (SSSR count). The van der Waals surface area contributed by atoms with Gasteiger partial charge in [-0.2, -0.15) is 0 Å². The molecule has 12 heavy (non-hydrogen) atoms. The third-order valence-electron chi connectivity index (χ3n) is 1.77. The van der Waals surface area contributed by atoms with E-state index in [2.05, 4.69) is 15.6 Å². The zero-order chi connectivity index (χ0) is 8.55. The summed E-state index contributed by atoms with van der Waals surface area (Å²) in [6.07, 6.45) is 4.78. The molecular weight excluding hydrogens is 158 g/mol. The molecule has 0 aromatic heterocycles. The molecule has 2 N–H and O–H groups in total. The average Bonchev–Trinajstić information content (AvgIpc) is 2.07. The maximum absolute atomic E-state index is 10.8. The Morgan fingerprint density at radius 1 is 1.25 bits per heavy atom. The predicted octanol–water partition coefficient (Wildman–Crippen LogP) is -1.43. The van der Waals surface area contributed by atoms with Crippen molar-refractivity contribution in [2.75, 3.05) is 0 Å². The lowest BCUT2D eigenvalue weighted by molar-refractivity contribution is -0.142. The number of carbonyl (C=O) groups is 2. The number of aliphatic imine (C=N–C) groups is 1. The minimum atomic E-state index is -0.622. The van der Waals surface area contributed by atoms with E-state index in [1.54, 1.807) is 18.4 Å². The van der Waals surface area contributed by atoms with E-state index < -0.39 is 11.8 Å². The highest BCUT2D eigenvalue weighted by Gasteiger charge is 2.32. The van der Waals surface area contributed by atoms with Crippen LogP contribution >= 0.6 is 0 Å². The van der Waals surface area contributed by atoms with Gasteiger partial charge in [0.05, 0.1) is 6.04 Å². The molecule has 0 radical (unpaired) electrons. The fourth-order valence-electron chi connectivity index (χ4n) is 1.18. The first kappa shape index (κ1) is 7.02. The van der Waals surface area contributed by atoms with Gasteiger partial charge < -0.3 is 10.6 Å². The highest BCUT2D eigenvalue weighted by Crippen LogP contribution is 2.05. The SMILES string of the molecule is O=C1NC2C=CC=NC2NC1=O. The van der Waals surface area contributed by atoms with Crippen LogP contribution < -0.4 is 10.6 Å². The normalized spacial score (nSPS) is 32.3. The molecule has 2 aliphatic rings. The van der Waals surface area contributed by atoms with Gasteiger partial charge in [0, 0.05) is 6.21 Å². The van der Waals surface area contributed by atoms with E-state index in [1.165, 1.54) is 0 Å². The Kier molecular flexibility index (Phi) is 1.43. The van der Waals surface area contributed by atoms with E-state index >= 15 is 0 Å². The minimum absolute atomic E-state index is 0.194. The molecule has 0 aromatic rings. The van der Waals surface area contributed by atoms with Crippen molar-refractivity contribution in [2.24, 2.45) is 4.99 Å². The molecule has 0 aliphatic carbocycles. The van der Waals surface area contributed by atoms with Gasteiger partial charge in [-0.25, -0.2) is 0 Å². The van der Waals surface area contributed by atoms with Gasteiger partial charge in [-0.3, -0.25) is 14.6 Å². The van der Waals surface area contributed by atoms with Gasteiger partial charge >= 0.3 is 11.8 Å². The van der Waals surface area contributed by atoms with Crippen LogP contribution in [-0.2, 0) is 9.59 Å². The highest BCUT2D eigenvalue weighted by atomic mass is 16.2. The number of allylic oxidation sites excluding steroid dienone is 1. The van der Waals surface area contributed by atoms with Crippen molar-refractivity contribution in [3.05, 3.63) is 12.2 Å². The molecule has 0 spiro atoms. The van der Waals surface area contributed by atoms with Crippen LogP contribution in [0, 0.1) is 0 Å². The molecule has 5 heteroatoms. The number of rotatable bonds is 0. The number of amides is 2. The van der Waals surface area contributed by atoms with Crippen LogP contribution in [-0.4, -0.2) is 30.2 Å². The molecule has 0 saturated carbocycles. The third kappa shape index (κ3) is 0.990. The first-order valence-corrected chi connectivity index (χ1v) is 3.59. The number of dihydropyridines is 1. The topological polar surface area (TPSA) is 70.6 Å². The van der Waals surface area contributed by atoms with E-state index in [0.717, 1.165) is 0 Å². The van der Waals surface area contributed by atoms with Crippen molar-refractivity contribution in [2.45, 2.75) is 12.2 Å². The molecule has 2 unspecified atom stereocenters. The Morgan fingerprint density at radius 2 is 2.00 bits per heavy atom. The van der Waals surface area contributed by atoms with Crippen molar-refractivity contribution in [1.82, 2.24) is 10.6 Å². The summed E-state index contributed by atoms with van der Waals surface area (Å²) >= 11 is 0. The third-order valence-corrected chi connectivity index (χ3v) is 1.77. The van der Waals surface area contributed by atoms with E-state index in [1.807, 2.05) is 0 Å². The van der Waals surface area contributed by atoms with Gasteiger partial charge in [-0.05, 0) is 6.08 Å². The maximum Gasteiger partial charge on any atom is 0.311 e. The van der Waals surface area contributed by atoms with E-state index in [0.29, 0.717) is 0 Å². The van der Waals surface area contributed by atoms with Crippen LogP contribution in [0.15, 0.2) is 17.1 Å². The zero-order valence-electron chi connectivity index (χ0n) is 6.15. The average molecular weight is 165 g/mol. The van der Waals surface area contributed by atoms with Crippen molar-refractivity contribution in [3.8, 4) is 0 Å². The molecule has 2 atom stereocenters. The first-order chi connectivity index (χ1) is 5.77. The first-order valence-electron chi connectivity index (χ1n) is 3.59. The van der Waals surface area contributed by atoms with Crippen LogP contribution in [0.4, 0.5) is 0 Å².